The zero-order valence-electron chi connectivity index (χ0n) is 35.7. The van der Waals surface area contributed by atoms with Crippen molar-refractivity contribution in [2.45, 2.75) is 85.7 Å². The molecule has 0 aliphatic carbocycles. The lowest BCUT2D eigenvalue weighted by atomic mass is 9.90. The number of likely N-dealkylation sites (tertiary alicyclic amines) is 1. The van der Waals surface area contributed by atoms with Gasteiger partial charge < -0.3 is 19.6 Å². The number of carbonyl (C=O) groups is 2. The summed E-state index contributed by atoms with van der Waals surface area (Å²) < 4.78 is 5.82. The van der Waals surface area contributed by atoms with E-state index in [4.69, 9.17) is 16.1 Å². The van der Waals surface area contributed by atoms with Crippen LogP contribution < -0.4 is 10.2 Å². The summed E-state index contributed by atoms with van der Waals surface area (Å²) in [6.45, 7) is 16.2. The zero-order chi connectivity index (χ0) is 43.2. The highest BCUT2D eigenvalue weighted by atomic mass is 35.5. The number of nitrogens with zero attached hydrogens (tertiary/aromatic N) is 8. The molecule has 316 valence electrons. The monoisotopic (exact) mass is 857 g/mol. The molecule has 2 fully saturated rings. The number of hydrogen-bond acceptors (Lipinski definition) is 11. The van der Waals surface area contributed by atoms with Gasteiger partial charge in [-0.15, -0.1) is 21.5 Å². The van der Waals surface area contributed by atoms with E-state index in [9.17, 15) is 9.59 Å². The molecule has 0 radical (unpaired) electrons. The fourth-order valence-corrected chi connectivity index (χ4v) is 9.08. The van der Waals surface area contributed by atoms with Crippen molar-refractivity contribution in [1.82, 2.24) is 40.5 Å². The Labute approximate surface area is 366 Å². The molecule has 12 nitrogen and oxygen atoms in total. The second-order valence-corrected chi connectivity index (χ2v) is 16.7. The van der Waals surface area contributed by atoms with Gasteiger partial charge in [0.25, 0.3) is 0 Å². The van der Waals surface area contributed by atoms with Crippen molar-refractivity contribution in [3.05, 3.63) is 118 Å². The van der Waals surface area contributed by atoms with Gasteiger partial charge in [-0.25, -0.2) is 15.0 Å². The number of halogens is 1. The molecular weight excluding hydrogens is 806 g/mol. The van der Waals surface area contributed by atoms with Crippen molar-refractivity contribution in [1.29, 1.82) is 0 Å². The van der Waals surface area contributed by atoms with E-state index in [1.807, 2.05) is 103 Å². The standard InChI is InChI=1S/C45H46ClN9O3S.C2H6/c1-6-9-29(7-2)36-17-31-16-35(46)34(18-37(31)52-51-36)33-23-54(24-33)45-48-21-32(22-49-45)38-19-40(58-53-38)41(26(3)4)44(57)55-15-8-10-39(55)43(56)47-20-28-11-13-30(14-12-28)42-27(5)50-25-59-42;1-2/h6-7,9,11-14,16-19,21-22,25-26,33,39,41H,8,10,15,20,23-24H2,1-5H3,(H,47,56);1-2H3/b9-6-,29-7+;. The first-order valence-electron chi connectivity index (χ1n) is 21.0. The summed E-state index contributed by atoms with van der Waals surface area (Å²) in [6, 6.07) is 15.4. The van der Waals surface area contributed by atoms with Gasteiger partial charge in [0.15, 0.2) is 0 Å². The predicted molar refractivity (Wildman–Crippen MR) is 243 cm³/mol. The second-order valence-electron chi connectivity index (χ2n) is 15.5. The summed E-state index contributed by atoms with van der Waals surface area (Å²) in [5.41, 5.74) is 9.80. The number of rotatable bonds is 12. The number of anilines is 1. The van der Waals surface area contributed by atoms with Crippen LogP contribution in [0, 0.1) is 12.8 Å². The minimum Gasteiger partial charge on any atom is -0.360 e. The molecule has 2 aromatic carbocycles. The van der Waals surface area contributed by atoms with Gasteiger partial charge in [-0.2, -0.15) is 0 Å². The highest BCUT2D eigenvalue weighted by Crippen LogP contribution is 2.37. The van der Waals surface area contributed by atoms with Crippen LogP contribution in [-0.2, 0) is 16.1 Å². The van der Waals surface area contributed by atoms with Gasteiger partial charge in [0, 0.05) is 66.5 Å². The van der Waals surface area contributed by atoms with E-state index in [1.54, 1.807) is 34.7 Å². The Morgan fingerprint density at radius 1 is 1.00 bits per heavy atom. The molecule has 4 aromatic heterocycles. The van der Waals surface area contributed by atoms with E-state index in [0.717, 1.165) is 55.9 Å². The number of aryl methyl sites for hydroxylation is 1. The minimum atomic E-state index is -0.607. The number of hydrogen-bond donors (Lipinski definition) is 1. The van der Waals surface area contributed by atoms with E-state index in [2.05, 4.69) is 52.7 Å². The number of benzene rings is 2. The summed E-state index contributed by atoms with van der Waals surface area (Å²) in [6.07, 6.45) is 10.8. The highest BCUT2D eigenvalue weighted by molar-refractivity contribution is 7.13. The third-order valence-electron chi connectivity index (χ3n) is 11.2. The van der Waals surface area contributed by atoms with Crippen LogP contribution in [0.3, 0.4) is 0 Å². The van der Waals surface area contributed by atoms with E-state index >= 15 is 0 Å². The molecule has 1 N–H and O–H groups in total. The molecule has 2 atom stereocenters. The van der Waals surface area contributed by atoms with Gasteiger partial charge in [0.05, 0.1) is 27.3 Å². The first-order chi connectivity index (χ1) is 29.6. The third kappa shape index (κ3) is 9.28. The van der Waals surface area contributed by atoms with E-state index in [0.29, 0.717) is 60.6 Å². The summed E-state index contributed by atoms with van der Waals surface area (Å²) in [4.78, 5) is 46.2. The zero-order valence-corrected chi connectivity index (χ0v) is 37.3. The fraction of sp³-hybridized carbons (Fsp3) is 0.362. The summed E-state index contributed by atoms with van der Waals surface area (Å²) in [5.74, 6) is 0.258. The molecule has 6 aromatic rings. The Morgan fingerprint density at radius 2 is 1.75 bits per heavy atom. The maximum Gasteiger partial charge on any atom is 0.243 e. The molecule has 2 unspecified atom stereocenters. The van der Waals surface area contributed by atoms with Gasteiger partial charge in [0.1, 0.15) is 23.4 Å². The lowest BCUT2D eigenvalue weighted by Crippen LogP contribution is -2.47. The third-order valence-corrected chi connectivity index (χ3v) is 12.5. The lowest BCUT2D eigenvalue weighted by Gasteiger charge is -2.39. The Kier molecular flexibility index (Phi) is 13.7. The molecule has 14 heteroatoms. The maximum absolute atomic E-state index is 14.1. The van der Waals surface area contributed by atoms with E-state index in [-0.39, 0.29) is 23.7 Å². The Morgan fingerprint density at radius 3 is 2.43 bits per heavy atom. The van der Waals surface area contributed by atoms with Crippen LogP contribution in [0.2, 0.25) is 5.02 Å². The van der Waals surface area contributed by atoms with Gasteiger partial charge in [-0.3, -0.25) is 9.59 Å². The smallest absolute Gasteiger partial charge is 0.243 e. The summed E-state index contributed by atoms with van der Waals surface area (Å²) >= 11 is 8.42. The average molecular weight is 859 g/mol. The Balaban J connectivity index is 0.00000277. The Hall–Kier alpha value is -5.79. The van der Waals surface area contributed by atoms with Crippen molar-refractivity contribution in [2.75, 3.05) is 24.5 Å². The molecule has 2 saturated heterocycles. The van der Waals surface area contributed by atoms with Crippen molar-refractivity contribution in [2.24, 2.45) is 5.92 Å². The number of allylic oxidation sites excluding steroid dienone is 4. The van der Waals surface area contributed by atoms with Gasteiger partial charge in [0.2, 0.25) is 17.8 Å². The number of thiazole rings is 1. The lowest BCUT2D eigenvalue weighted by molar-refractivity contribution is -0.140. The SMILES string of the molecule is C/C=C\C(=C/C)c1cc2cc(Cl)c(C3CN(c4ncc(-c5cc(C(C(=O)N6CCCC6C(=O)NCc6ccc(-c7scnc7C)cc6)C(C)C)on5)cn4)C3)cc2nn1.CC. The van der Waals surface area contributed by atoms with Crippen LogP contribution in [0.1, 0.15) is 94.5 Å². The van der Waals surface area contributed by atoms with Crippen LogP contribution in [0.5, 0.6) is 0 Å². The maximum atomic E-state index is 14.1. The molecule has 6 heterocycles. The van der Waals surface area contributed by atoms with Gasteiger partial charge >= 0.3 is 0 Å². The first-order valence-corrected chi connectivity index (χ1v) is 22.2. The van der Waals surface area contributed by atoms with Crippen LogP contribution in [-0.4, -0.2) is 72.7 Å². The van der Waals surface area contributed by atoms with Crippen LogP contribution >= 0.6 is 22.9 Å². The molecule has 61 heavy (non-hydrogen) atoms. The predicted octanol–water partition coefficient (Wildman–Crippen LogP) is 9.82. The molecule has 2 amide bonds. The average Bonchev–Trinajstić information content (AvgIpc) is 4.05. The molecule has 2 aliphatic heterocycles. The van der Waals surface area contributed by atoms with Crippen LogP contribution in [0.25, 0.3) is 38.2 Å². The molecule has 2 aliphatic rings. The van der Waals surface area contributed by atoms with E-state index in [1.165, 1.54) is 0 Å². The highest BCUT2D eigenvalue weighted by Gasteiger charge is 2.40. The van der Waals surface area contributed by atoms with Crippen LogP contribution in [0.15, 0.2) is 89.2 Å². The summed E-state index contributed by atoms with van der Waals surface area (Å²) in [7, 11) is 0. The topological polar surface area (TPSA) is 143 Å². The van der Waals surface area contributed by atoms with E-state index < -0.39 is 12.0 Å². The van der Waals surface area contributed by atoms with Crippen molar-refractivity contribution < 1.29 is 14.1 Å². The number of amides is 2. The number of aromatic nitrogens is 6. The minimum absolute atomic E-state index is 0.0961. The first kappa shape index (κ1) is 43.3. The summed E-state index contributed by atoms with van der Waals surface area (Å²) in [5, 5.41) is 18.0. The van der Waals surface area contributed by atoms with Crippen molar-refractivity contribution in [3.8, 4) is 21.7 Å². The number of carbonyl (C=O) groups excluding carboxylic acids is 2. The largest absolute Gasteiger partial charge is 0.360 e. The normalized spacial score (nSPS) is 16.2. The van der Waals surface area contributed by atoms with Crippen molar-refractivity contribution >= 4 is 57.2 Å². The van der Waals surface area contributed by atoms with Gasteiger partial charge in [-0.05, 0) is 80.0 Å². The fourth-order valence-electron chi connectivity index (χ4n) is 7.95. The molecular formula is C47H52ClN9O3S. The molecule has 0 spiro atoms. The molecule has 0 saturated carbocycles. The van der Waals surface area contributed by atoms with Gasteiger partial charge in [-0.1, -0.05) is 86.9 Å². The van der Waals surface area contributed by atoms with Crippen LogP contribution in [0.4, 0.5) is 5.95 Å². The number of fused-ring (bicyclic) bond motifs is 1. The Bertz CT molecular complexity index is 2540. The number of nitrogens with one attached hydrogen (secondary N) is 1. The quantitative estimate of drug-likeness (QED) is 0.118. The van der Waals surface area contributed by atoms with Crippen molar-refractivity contribution in [3.63, 3.8) is 0 Å². The molecule has 8 rings (SSSR count). The molecule has 0 bridgehead atoms. The second kappa shape index (κ2) is 19.3.